The number of benzene rings is 1. The Labute approximate surface area is 119 Å². The predicted molar refractivity (Wildman–Crippen MR) is 79.3 cm³/mol. The van der Waals surface area contributed by atoms with E-state index in [-0.39, 0.29) is 0 Å². The van der Waals surface area contributed by atoms with Gasteiger partial charge in [0.15, 0.2) is 0 Å². The number of hydrogen-bond acceptors (Lipinski definition) is 2. The van der Waals surface area contributed by atoms with E-state index >= 15 is 0 Å². The van der Waals surface area contributed by atoms with Gasteiger partial charge in [0.25, 0.3) is 0 Å². The van der Waals surface area contributed by atoms with E-state index in [0.717, 1.165) is 23.5 Å². The number of halogens is 1. The zero-order valence-corrected chi connectivity index (χ0v) is 12.4. The quantitative estimate of drug-likeness (QED) is 0.932. The van der Waals surface area contributed by atoms with Crippen LogP contribution in [0.2, 0.25) is 5.02 Å². The second-order valence-corrected chi connectivity index (χ2v) is 5.57. The zero-order chi connectivity index (χ0) is 14.0. The highest BCUT2D eigenvalue weighted by Crippen LogP contribution is 2.29. The molecule has 4 heteroatoms. The van der Waals surface area contributed by atoms with Crippen LogP contribution < -0.4 is 5.73 Å². The monoisotopic (exact) mass is 277 g/mol. The Morgan fingerprint density at radius 3 is 2.68 bits per heavy atom. The van der Waals surface area contributed by atoms with Crippen molar-refractivity contribution >= 4 is 11.6 Å². The van der Waals surface area contributed by atoms with Crippen LogP contribution in [0.25, 0.3) is 0 Å². The Morgan fingerprint density at radius 2 is 2.05 bits per heavy atom. The summed E-state index contributed by atoms with van der Waals surface area (Å²) in [6, 6.07) is 9.84. The van der Waals surface area contributed by atoms with Crippen molar-refractivity contribution in [1.29, 1.82) is 0 Å². The normalized spacial score (nSPS) is 14.4. The number of aromatic nitrogens is 2. The largest absolute Gasteiger partial charge is 0.321 e. The van der Waals surface area contributed by atoms with Crippen LogP contribution in [-0.4, -0.2) is 9.78 Å². The van der Waals surface area contributed by atoms with Crippen molar-refractivity contribution in [3.63, 3.8) is 0 Å². The third-order valence-electron chi connectivity index (χ3n) is 3.32. The average Bonchev–Trinajstić information content (AvgIpc) is 2.69. The third-order valence-corrected chi connectivity index (χ3v) is 3.65. The highest BCUT2D eigenvalue weighted by Gasteiger charge is 2.25. The molecular weight excluding hydrogens is 258 g/mol. The average molecular weight is 278 g/mol. The van der Waals surface area contributed by atoms with E-state index in [9.17, 15) is 0 Å². The molecule has 0 saturated heterocycles. The van der Waals surface area contributed by atoms with Crippen molar-refractivity contribution in [2.75, 3.05) is 0 Å². The van der Waals surface area contributed by atoms with Gasteiger partial charge in [-0.25, -0.2) is 0 Å². The molecule has 0 radical (unpaired) electrons. The molecule has 2 aromatic rings. The minimum absolute atomic E-state index is 0.502. The van der Waals surface area contributed by atoms with Gasteiger partial charge in [0.05, 0.1) is 5.69 Å². The molecule has 1 unspecified atom stereocenters. The molecule has 1 aromatic carbocycles. The second kappa shape index (κ2) is 5.35. The maximum absolute atomic E-state index is 6.48. The first-order chi connectivity index (χ1) is 8.94. The summed E-state index contributed by atoms with van der Waals surface area (Å²) in [4.78, 5) is 0. The lowest BCUT2D eigenvalue weighted by molar-refractivity contribution is 0.464. The maximum atomic E-state index is 6.48. The molecule has 2 rings (SSSR count). The van der Waals surface area contributed by atoms with Crippen LogP contribution >= 0.6 is 11.6 Å². The highest BCUT2D eigenvalue weighted by atomic mass is 35.5. The second-order valence-electron chi connectivity index (χ2n) is 5.17. The zero-order valence-electron chi connectivity index (χ0n) is 11.7. The minimum Gasteiger partial charge on any atom is -0.321 e. The molecule has 0 bridgehead atoms. The summed E-state index contributed by atoms with van der Waals surface area (Å²) >= 11 is 6.25. The molecule has 0 amide bonds. The Hall–Kier alpha value is -1.32. The van der Waals surface area contributed by atoms with Crippen LogP contribution in [0.5, 0.6) is 0 Å². The Morgan fingerprint density at radius 1 is 1.37 bits per heavy atom. The van der Waals surface area contributed by atoms with Gasteiger partial charge in [-0.3, -0.25) is 4.68 Å². The van der Waals surface area contributed by atoms with Crippen LogP contribution in [0.15, 0.2) is 30.3 Å². The number of nitrogens with zero attached hydrogens (tertiary/aromatic N) is 2. The van der Waals surface area contributed by atoms with E-state index in [0.29, 0.717) is 11.4 Å². The van der Waals surface area contributed by atoms with Gasteiger partial charge in [-0.15, -0.1) is 0 Å². The first-order valence-corrected chi connectivity index (χ1v) is 6.89. The third kappa shape index (κ3) is 2.99. The van der Waals surface area contributed by atoms with Gasteiger partial charge < -0.3 is 5.73 Å². The number of aryl methyl sites for hydroxylation is 2. The molecule has 0 aliphatic heterocycles. The molecule has 102 valence electrons. The van der Waals surface area contributed by atoms with Crippen LogP contribution in [-0.2, 0) is 18.5 Å². The lowest BCUT2D eigenvalue weighted by Gasteiger charge is -2.26. The van der Waals surface area contributed by atoms with E-state index in [1.807, 2.05) is 42.8 Å². The van der Waals surface area contributed by atoms with E-state index in [2.05, 4.69) is 18.1 Å². The fourth-order valence-electron chi connectivity index (χ4n) is 2.41. The lowest BCUT2D eigenvalue weighted by atomic mass is 9.88. The molecule has 0 saturated carbocycles. The van der Waals surface area contributed by atoms with Crippen LogP contribution in [0, 0.1) is 6.92 Å². The van der Waals surface area contributed by atoms with Crippen molar-refractivity contribution in [3.05, 3.63) is 52.3 Å². The smallest absolute Gasteiger partial charge is 0.0596 e. The first-order valence-electron chi connectivity index (χ1n) is 6.51. The summed E-state index contributed by atoms with van der Waals surface area (Å²) in [5.74, 6) is 0. The van der Waals surface area contributed by atoms with Crippen molar-refractivity contribution in [3.8, 4) is 0 Å². The highest BCUT2D eigenvalue weighted by molar-refractivity contribution is 6.31. The van der Waals surface area contributed by atoms with Gasteiger partial charge in [-0.2, -0.15) is 5.10 Å². The molecule has 1 atom stereocenters. The molecule has 2 N–H and O–H groups in total. The van der Waals surface area contributed by atoms with Gasteiger partial charge in [-0.05, 0) is 38.5 Å². The SMILES string of the molecule is CCn1nc(C)cc1CC(C)(N)c1ccccc1Cl. The molecular formula is C15H20ClN3. The summed E-state index contributed by atoms with van der Waals surface area (Å²) in [7, 11) is 0. The summed E-state index contributed by atoms with van der Waals surface area (Å²) in [6.45, 7) is 6.94. The van der Waals surface area contributed by atoms with E-state index in [4.69, 9.17) is 17.3 Å². The Kier molecular flexibility index (Phi) is 3.97. The molecule has 0 fully saturated rings. The molecule has 3 nitrogen and oxygen atoms in total. The lowest BCUT2D eigenvalue weighted by Crippen LogP contribution is -2.36. The predicted octanol–water partition coefficient (Wildman–Crippen LogP) is 3.28. The number of rotatable bonds is 4. The van der Waals surface area contributed by atoms with Crippen LogP contribution in [0.3, 0.4) is 0 Å². The van der Waals surface area contributed by atoms with Gasteiger partial charge >= 0.3 is 0 Å². The van der Waals surface area contributed by atoms with Gasteiger partial charge in [0, 0.05) is 29.2 Å². The van der Waals surface area contributed by atoms with Crippen molar-refractivity contribution < 1.29 is 0 Å². The standard InChI is InChI=1S/C15H20ClN3/c1-4-19-12(9-11(2)18-19)10-15(3,17)13-7-5-6-8-14(13)16/h5-9H,4,10,17H2,1-3H3. The Bertz CT molecular complexity index is 573. The van der Waals surface area contributed by atoms with Gasteiger partial charge in [0.1, 0.15) is 0 Å². The van der Waals surface area contributed by atoms with Crippen molar-refractivity contribution in [2.45, 2.75) is 39.3 Å². The summed E-state index contributed by atoms with van der Waals surface area (Å²) in [5.41, 5.74) is 9.11. The first kappa shape index (κ1) is 14.1. The van der Waals surface area contributed by atoms with E-state index in [1.165, 1.54) is 0 Å². The van der Waals surface area contributed by atoms with Crippen LogP contribution in [0.1, 0.15) is 30.8 Å². The maximum Gasteiger partial charge on any atom is 0.0596 e. The molecule has 0 spiro atoms. The van der Waals surface area contributed by atoms with E-state index in [1.54, 1.807) is 0 Å². The topological polar surface area (TPSA) is 43.8 Å². The van der Waals surface area contributed by atoms with Gasteiger partial charge in [-0.1, -0.05) is 29.8 Å². The van der Waals surface area contributed by atoms with Gasteiger partial charge in [0.2, 0.25) is 0 Å². The fourth-order valence-corrected chi connectivity index (χ4v) is 2.76. The summed E-state index contributed by atoms with van der Waals surface area (Å²) in [5, 5.41) is 5.17. The van der Waals surface area contributed by atoms with Crippen molar-refractivity contribution in [1.82, 2.24) is 9.78 Å². The summed E-state index contributed by atoms with van der Waals surface area (Å²) < 4.78 is 2.00. The molecule has 0 aliphatic carbocycles. The number of hydrogen-bond donors (Lipinski definition) is 1. The summed E-state index contributed by atoms with van der Waals surface area (Å²) in [6.07, 6.45) is 0.714. The van der Waals surface area contributed by atoms with Crippen LogP contribution in [0.4, 0.5) is 0 Å². The number of nitrogens with two attached hydrogens (primary N) is 1. The van der Waals surface area contributed by atoms with E-state index < -0.39 is 5.54 Å². The Balaban J connectivity index is 2.33. The fraction of sp³-hybridized carbons (Fsp3) is 0.400. The van der Waals surface area contributed by atoms with Crippen molar-refractivity contribution in [2.24, 2.45) is 5.73 Å². The molecule has 0 aliphatic rings. The molecule has 1 aromatic heterocycles. The molecule has 19 heavy (non-hydrogen) atoms. The minimum atomic E-state index is -0.502. The molecule has 1 heterocycles.